The molecule has 2 heteroatoms. The molecule has 12 aliphatic carbocycles. The zero-order valence-corrected chi connectivity index (χ0v) is 22.5. The van der Waals surface area contributed by atoms with Crippen LogP contribution in [0.1, 0.15) is 116 Å². The summed E-state index contributed by atoms with van der Waals surface area (Å²) in [6, 6.07) is 0. The average molecular weight is 476 g/mol. The van der Waals surface area contributed by atoms with Crippen LogP contribution < -0.4 is 0 Å². The third kappa shape index (κ3) is 2.49. The quantitative estimate of drug-likeness (QED) is 0.370. The van der Waals surface area contributed by atoms with Gasteiger partial charge in [-0.25, -0.2) is 0 Å². The van der Waals surface area contributed by atoms with Gasteiger partial charge in [0.15, 0.2) is 0 Å². The lowest BCUT2D eigenvalue weighted by Crippen LogP contribution is -2.73. The SMILES string of the molecule is [Si]OCC(C12CC3CC(CC(C3)C1)C2)(C12CC3CC(CC(C3)C1)C2)C12CC3CC(CC(C3)C1)C2. The lowest BCUT2D eigenvalue weighted by atomic mass is 9.25. The molecule has 0 atom stereocenters. The standard InChI is InChI=1S/C32H47OSi/c34-33-19-32(29-10-20-1-21(11-29)3-22(2-20)12-29,30-13-23-4-24(14-30)6-25(5-23)15-30)31-16-26-7-27(17-31)9-28(8-26)18-31/h20-28H,1-19H2. The molecule has 12 fully saturated rings. The average Bonchev–Trinajstić information content (AvgIpc) is 2.74. The van der Waals surface area contributed by atoms with Gasteiger partial charge < -0.3 is 4.43 Å². The Balaban J connectivity index is 1.28. The summed E-state index contributed by atoms with van der Waals surface area (Å²) in [7, 11) is 3.78. The van der Waals surface area contributed by atoms with Gasteiger partial charge in [-0.05, 0) is 185 Å². The molecular formula is C32H47OSi. The summed E-state index contributed by atoms with van der Waals surface area (Å²) in [5.74, 6) is 9.53. The van der Waals surface area contributed by atoms with Gasteiger partial charge in [0.2, 0.25) is 10.5 Å². The molecule has 12 bridgehead atoms. The van der Waals surface area contributed by atoms with E-state index in [-0.39, 0.29) is 0 Å². The third-order valence-electron chi connectivity index (χ3n) is 15.1. The minimum absolute atomic E-state index is 0.455. The van der Waals surface area contributed by atoms with Gasteiger partial charge >= 0.3 is 0 Å². The summed E-state index contributed by atoms with van der Waals surface area (Å²) in [5, 5.41) is 0. The molecule has 12 rings (SSSR count). The zero-order valence-electron chi connectivity index (χ0n) is 21.5. The molecule has 0 saturated heterocycles. The molecule has 12 saturated carbocycles. The van der Waals surface area contributed by atoms with Gasteiger partial charge in [-0.2, -0.15) is 0 Å². The highest BCUT2D eigenvalue weighted by Gasteiger charge is 2.77. The van der Waals surface area contributed by atoms with Crippen LogP contribution in [0.4, 0.5) is 0 Å². The molecule has 3 radical (unpaired) electrons. The lowest BCUT2D eigenvalue weighted by Gasteiger charge is -2.79. The van der Waals surface area contributed by atoms with Crippen LogP contribution in [-0.4, -0.2) is 17.1 Å². The summed E-state index contributed by atoms with van der Waals surface area (Å²) >= 11 is 0. The van der Waals surface area contributed by atoms with Crippen LogP contribution in [0.25, 0.3) is 0 Å². The molecule has 0 heterocycles. The Bertz CT molecular complexity index is 659. The van der Waals surface area contributed by atoms with E-state index in [2.05, 4.69) is 10.5 Å². The topological polar surface area (TPSA) is 9.23 Å². The first kappa shape index (κ1) is 21.1. The minimum Gasteiger partial charge on any atom is -0.418 e. The minimum atomic E-state index is 0.455. The molecule has 34 heavy (non-hydrogen) atoms. The highest BCUT2D eigenvalue weighted by Crippen LogP contribution is 2.83. The second-order valence-corrected chi connectivity index (χ2v) is 17.1. The van der Waals surface area contributed by atoms with Gasteiger partial charge in [0, 0.05) is 12.0 Å². The normalized spacial score (nSPS) is 61.9. The molecule has 0 N–H and O–H groups in total. The van der Waals surface area contributed by atoms with Crippen LogP contribution in [-0.2, 0) is 4.43 Å². The van der Waals surface area contributed by atoms with Crippen LogP contribution in [0.2, 0.25) is 0 Å². The van der Waals surface area contributed by atoms with Crippen molar-refractivity contribution in [3.63, 3.8) is 0 Å². The van der Waals surface area contributed by atoms with Crippen LogP contribution in [0.15, 0.2) is 0 Å². The van der Waals surface area contributed by atoms with Crippen molar-refractivity contribution in [3.05, 3.63) is 0 Å². The Morgan fingerprint density at radius 3 is 0.824 bits per heavy atom. The van der Waals surface area contributed by atoms with E-state index in [1.807, 2.05) is 0 Å². The third-order valence-corrected chi connectivity index (χ3v) is 15.3. The molecular weight excluding hydrogens is 428 g/mol. The van der Waals surface area contributed by atoms with E-state index in [9.17, 15) is 0 Å². The monoisotopic (exact) mass is 475 g/mol. The van der Waals surface area contributed by atoms with Gasteiger partial charge in [0.1, 0.15) is 0 Å². The second-order valence-electron chi connectivity index (χ2n) is 16.8. The van der Waals surface area contributed by atoms with Gasteiger partial charge in [0.05, 0.1) is 0 Å². The van der Waals surface area contributed by atoms with Gasteiger partial charge in [-0.3, -0.25) is 0 Å². The number of hydrogen-bond donors (Lipinski definition) is 0. The number of hydrogen-bond acceptors (Lipinski definition) is 1. The van der Waals surface area contributed by atoms with Crippen molar-refractivity contribution in [2.24, 2.45) is 74.9 Å². The maximum atomic E-state index is 6.48. The molecule has 185 valence electrons. The van der Waals surface area contributed by atoms with Gasteiger partial charge in [0.25, 0.3) is 0 Å². The fourth-order valence-electron chi connectivity index (χ4n) is 16.2. The van der Waals surface area contributed by atoms with Crippen molar-refractivity contribution in [2.75, 3.05) is 6.61 Å². The number of rotatable bonds is 5. The molecule has 0 aromatic rings. The van der Waals surface area contributed by atoms with Crippen molar-refractivity contribution >= 4 is 10.5 Å². The first-order valence-electron chi connectivity index (χ1n) is 15.8. The zero-order chi connectivity index (χ0) is 22.3. The second kappa shape index (κ2) is 6.78. The Labute approximate surface area is 211 Å². The summed E-state index contributed by atoms with van der Waals surface area (Å²) in [4.78, 5) is 0. The maximum absolute atomic E-state index is 6.48. The maximum Gasteiger partial charge on any atom is 0.246 e. The van der Waals surface area contributed by atoms with Crippen molar-refractivity contribution in [3.8, 4) is 0 Å². The lowest BCUT2D eigenvalue weighted by molar-refractivity contribution is -0.315. The van der Waals surface area contributed by atoms with Crippen molar-refractivity contribution in [2.45, 2.75) is 116 Å². The molecule has 0 aliphatic heterocycles. The van der Waals surface area contributed by atoms with E-state index in [1.54, 1.807) is 116 Å². The smallest absolute Gasteiger partial charge is 0.246 e. The predicted molar refractivity (Wildman–Crippen MR) is 136 cm³/mol. The Morgan fingerprint density at radius 2 is 0.647 bits per heavy atom. The summed E-state index contributed by atoms with van der Waals surface area (Å²) in [6.07, 6.45) is 28.7. The van der Waals surface area contributed by atoms with Crippen LogP contribution in [0.3, 0.4) is 0 Å². The predicted octanol–water partition coefficient (Wildman–Crippen LogP) is 7.72. The van der Waals surface area contributed by atoms with Gasteiger partial charge in [-0.1, -0.05) is 0 Å². The fourth-order valence-corrected chi connectivity index (χ4v) is 16.4. The Kier molecular flexibility index (Phi) is 4.22. The molecule has 0 aromatic heterocycles. The van der Waals surface area contributed by atoms with Crippen molar-refractivity contribution in [1.29, 1.82) is 0 Å². The molecule has 0 spiro atoms. The van der Waals surface area contributed by atoms with Gasteiger partial charge in [-0.15, -0.1) is 0 Å². The molecule has 0 amide bonds. The van der Waals surface area contributed by atoms with Crippen molar-refractivity contribution < 1.29 is 4.43 Å². The summed E-state index contributed by atoms with van der Waals surface area (Å²) in [5.41, 5.74) is 2.26. The molecule has 1 nitrogen and oxygen atoms in total. The van der Waals surface area contributed by atoms with E-state index < -0.39 is 0 Å². The van der Waals surface area contributed by atoms with Crippen LogP contribution in [0, 0.1) is 74.9 Å². The van der Waals surface area contributed by atoms with Crippen molar-refractivity contribution in [1.82, 2.24) is 0 Å². The molecule has 12 aliphatic rings. The largest absolute Gasteiger partial charge is 0.418 e. The molecule has 0 aromatic carbocycles. The first-order valence-corrected chi connectivity index (χ1v) is 16.2. The Morgan fingerprint density at radius 1 is 0.441 bits per heavy atom. The fraction of sp³-hybridized carbons (Fsp3) is 1.00. The summed E-state index contributed by atoms with van der Waals surface area (Å²) in [6.45, 7) is 1.06. The van der Waals surface area contributed by atoms with E-state index in [4.69, 9.17) is 4.43 Å². The highest BCUT2D eigenvalue weighted by atomic mass is 28.2. The van der Waals surface area contributed by atoms with E-state index in [1.165, 1.54) is 0 Å². The first-order chi connectivity index (χ1) is 16.5. The molecule has 0 unspecified atom stereocenters. The van der Waals surface area contributed by atoms with E-state index in [0.717, 1.165) is 59.9 Å². The van der Waals surface area contributed by atoms with Crippen LogP contribution in [0.5, 0.6) is 0 Å². The highest BCUT2D eigenvalue weighted by molar-refractivity contribution is 5.98. The van der Waals surface area contributed by atoms with E-state index >= 15 is 0 Å². The van der Waals surface area contributed by atoms with E-state index in [0.29, 0.717) is 21.7 Å². The van der Waals surface area contributed by atoms with Crippen LogP contribution >= 0.6 is 0 Å². The Hall–Kier alpha value is 0.177. The summed E-state index contributed by atoms with van der Waals surface area (Å²) < 4.78 is 6.48.